The Morgan fingerprint density at radius 1 is 1.65 bits per heavy atom. The Kier molecular flexibility index (Phi) is 2.75. The predicted molar refractivity (Wildman–Crippen MR) is 54.0 cm³/mol. The lowest BCUT2D eigenvalue weighted by molar-refractivity contribution is -0.138. The Labute approximate surface area is 93.6 Å². The fourth-order valence-corrected chi connectivity index (χ4v) is 1.32. The summed E-state index contributed by atoms with van der Waals surface area (Å²) in [5, 5.41) is 16.9. The third kappa shape index (κ3) is 2.08. The summed E-state index contributed by atoms with van der Waals surface area (Å²) in [6.45, 7) is 0. The fourth-order valence-electron chi connectivity index (χ4n) is 1.32. The minimum atomic E-state index is -1.20. The summed E-state index contributed by atoms with van der Waals surface area (Å²) in [6.07, 6.45) is 1.08. The van der Waals surface area contributed by atoms with Gasteiger partial charge in [0, 0.05) is 6.42 Å². The van der Waals surface area contributed by atoms with Crippen LogP contribution in [0.15, 0.2) is 15.6 Å². The van der Waals surface area contributed by atoms with Crippen LogP contribution < -0.4 is 11.3 Å². The van der Waals surface area contributed by atoms with Crippen molar-refractivity contribution < 1.29 is 14.4 Å². The van der Waals surface area contributed by atoms with Crippen molar-refractivity contribution in [3.05, 3.63) is 22.2 Å². The Bertz CT molecular complexity index is 569. The van der Waals surface area contributed by atoms with E-state index in [0.717, 1.165) is 0 Å². The van der Waals surface area contributed by atoms with Crippen molar-refractivity contribution >= 4 is 5.97 Å². The van der Waals surface area contributed by atoms with Crippen molar-refractivity contribution in [2.45, 2.75) is 12.5 Å². The van der Waals surface area contributed by atoms with Gasteiger partial charge in [-0.05, 0) is 0 Å². The number of nitrogens with one attached hydrogen (secondary N) is 2. The first-order valence-corrected chi connectivity index (χ1v) is 4.64. The molecule has 0 unspecified atom stereocenters. The predicted octanol–water partition coefficient (Wildman–Crippen LogP) is -1.29. The summed E-state index contributed by atoms with van der Waals surface area (Å²) in [4.78, 5) is 25.9. The van der Waals surface area contributed by atoms with E-state index in [1.807, 2.05) is 0 Å². The quantitative estimate of drug-likeness (QED) is 0.517. The monoisotopic (exact) mass is 239 g/mol. The smallest absolute Gasteiger partial charge is 0.320 e. The zero-order valence-electron chi connectivity index (χ0n) is 8.51. The number of aromatic nitrogens is 4. The van der Waals surface area contributed by atoms with Crippen LogP contribution >= 0.6 is 0 Å². The highest BCUT2D eigenvalue weighted by atomic mass is 16.5. The molecule has 2 rings (SSSR count). The molecule has 0 aliphatic heterocycles. The van der Waals surface area contributed by atoms with Crippen LogP contribution in [0, 0.1) is 0 Å². The molecule has 9 heteroatoms. The summed E-state index contributed by atoms with van der Waals surface area (Å²) < 4.78 is 4.90. The molecule has 0 aliphatic carbocycles. The van der Waals surface area contributed by atoms with Crippen LogP contribution in [0.3, 0.4) is 0 Å². The van der Waals surface area contributed by atoms with Gasteiger partial charge in [-0.1, -0.05) is 0 Å². The van der Waals surface area contributed by atoms with E-state index in [4.69, 9.17) is 15.4 Å². The molecule has 2 aromatic heterocycles. The maximum atomic E-state index is 11.4. The SMILES string of the molecule is N[C@H](Cc1c(-c2ncn[nH]2)o[nH]c1=O)C(=O)O. The van der Waals surface area contributed by atoms with Crippen LogP contribution in [-0.4, -0.2) is 37.5 Å². The van der Waals surface area contributed by atoms with Gasteiger partial charge in [0.2, 0.25) is 5.76 Å². The summed E-state index contributed by atoms with van der Waals surface area (Å²) >= 11 is 0. The van der Waals surface area contributed by atoms with Crippen LogP contribution in [-0.2, 0) is 11.2 Å². The molecule has 0 aromatic carbocycles. The molecule has 0 aliphatic rings. The number of hydrogen-bond donors (Lipinski definition) is 4. The molecule has 0 spiro atoms. The Balaban J connectivity index is 2.37. The van der Waals surface area contributed by atoms with E-state index in [1.54, 1.807) is 0 Å². The topological polar surface area (TPSA) is 151 Å². The molecule has 1 atom stereocenters. The summed E-state index contributed by atoms with van der Waals surface area (Å²) in [6, 6.07) is -1.18. The second kappa shape index (κ2) is 4.22. The minimum Gasteiger partial charge on any atom is -0.480 e. The van der Waals surface area contributed by atoms with Gasteiger partial charge in [0.05, 0.1) is 5.56 Å². The number of aliphatic carboxylic acids is 1. The first-order valence-electron chi connectivity index (χ1n) is 4.64. The van der Waals surface area contributed by atoms with Gasteiger partial charge in [-0.15, -0.1) is 0 Å². The highest BCUT2D eigenvalue weighted by Crippen LogP contribution is 2.16. The van der Waals surface area contributed by atoms with E-state index in [0.29, 0.717) is 0 Å². The largest absolute Gasteiger partial charge is 0.480 e. The van der Waals surface area contributed by atoms with Crippen molar-refractivity contribution in [2.24, 2.45) is 5.73 Å². The van der Waals surface area contributed by atoms with E-state index >= 15 is 0 Å². The lowest BCUT2D eigenvalue weighted by Gasteiger charge is -2.03. The number of hydrogen-bond acceptors (Lipinski definition) is 6. The van der Waals surface area contributed by atoms with Gasteiger partial charge in [0.15, 0.2) is 5.82 Å². The van der Waals surface area contributed by atoms with Gasteiger partial charge >= 0.3 is 5.97 Å². The number of H-pyrrole nitrogens is 2. The minimum absolute atomic E-state index is 0.115. The number of aromatic amines is 2. The third-order valence-electron chi connectivity index (χ3n) is 2.17. The Hall–Kier alpha value is -2.42. The average Bonchev–Trinajstić information content (AvgIpc) is 2.89. The molecule has 0 bridgehead atoms. The molecule has 0 saturated heterocycles. The number of nitrogens with zero attached hydrogens (tertiary/aromatic N) is 2. The fraction of sp³-hybridized carbons (Fsp3) is 0.250. The highest BCUT2D eigenvalue weighted by molar-refractivity contribution is 5.74. The van der Waals surface area contributed by atoms with Gasteiger partial charge in [-0.25, -0.2) is 4.98 Å². The van der Waals surface area contributed by atoms with Crippen molar-refractivity contribution in [2.75, 3.05) is 0 Å². The molecule has 9 nitrogen and oxygen atoms in total. The lowest BCUT2D eigenvalue weighted by atomic mass is 10.1. The van der Waals surface area contributed by atoms with E-state index in [9.17, 15) is 9.59 Å². The normalized spacial score (nSPS) is 12.5. The van der Waals surface area contributed by atoms with Crippen LogP contribution in [0.4, 0.5) is 0 Å². The zero-order chi connectivity index (χ0) is 12.4. The summed E-state index contributed by atoms with van der Waals surface area (Å²) in [7, 11) is 0. The second-order valence-corrected chi connectivity index (χ2v) is 3.32. The van der Waals surface area contributed by atoms with Crippen molar-refractivity contribution in [3.63, 3.8) is 0 Å². The molecule has 0 radical (unpaired) electrons. The van der Waals surface area contributed by atoms with E-state index < -0.39 is 17.6 Å². The lowest BCUT2D eigenvalue weighted by Crippen LogP contribution is -2.33. The third-order valence-corrected chi connectivity index (χ3v) is 2.17. The molecule has 2 aromatic rings. The molecular formula is C8H9N5O4. The summed E-state index contributed by atoms with van der Waals surface area (Å²) in [5.74, 6) is -0.853. The zero-order valence-corrected chi connectivity index (χ0v) is 8.51. The maximum Gasteiger partial charge on any atom is 0.320 e. The molecular weight excluding hydrogens is 230 g/mol. The maximum absolute atomic E-state index is 11.4. The first-order chi connectivity index (χ1) is 8.09. The average molecular weight is 239 g/mol. The van der Waals surface area contributed by atoms with Crippen LogP contribution in [0.25, 0.3) is 11.6 Å². The molecule has 90 valence electrons. The number of carboxylic acids is 1. The standard InChI is InChI=1S/C8H9N5O4/c9-4(8(15)16)1-3-5(17-13-7(3)14)6-10-2-11-12-6/h2,4H,1,9H2,(H,13,14)(H,15,16)(H,10,11,12)/t4-/m1/s1. The molecule has 0 amide bonds. The molecule has 2 heterocycles. The van der Waals surface area contributed by atoms with E-state index in [2.05, 4.69) is 20.3 Å². The van der Waals surface area contributed by atoms with Gasteiger partial charge in [-0.3, -0.25) is 14.7 Å². The number of rotatable bonds is 4. The molecule has 5 N–H and O–H groups in total. The van der Waals surface area contributed by atoms with Gasteiger partial charge in [0.25, 0.3) is 5.56 Å². The molecule has 0 saturated carbocycles. The molecule has 17 heavy (non-hydrogen) atoms. The second-order valence-electron chi connectivity index (χ2n) is 3.32. The van der Waals surface area contributed by atoms with Crippen LogP contribution in [0.2, 0.25) is 0 Å². The van der Waals surface area contributed by atoms with Gasteiger partial charge < -0.3 is 15.4 Å². The Morgan fingerprint density at radius 2 is 2.41 bits per heavy atom. The molecule has 0 fully saturated rings. The van der Waals surface area contributed by atoms with E-state index in [1.165, 1.54) is 6.33 Å². The van der Waals surface area contributed by atoms with Crippen LogP contribution in [0.1, 0.15) is 5.56 Å². The number of carboxylic acid groups (broad SMARTS) is 1. The van der Waals surface area contributed by atoms with Crippen molar-refractivity contribution in [3.8, 4) is 11.6 Å². The van der Waals surface area contributed by atoms with Crippen LogP contribution in [0.5, 0.6) is 0 Å². The van der Waals surface area contributed by atoms with Gasteiger partial charge in [0.1, 0.15) is 12.4 Å². The van der Waals surface area contributed by atoms with E-state index in [-0.39, 0.29) is 23.6 Å². The Morgan fingerprint density at radius 3 is 3.00 bits per heavy atom. The highest BCUT2D eigenvalue weighted by Gasteiger charge is 2.22. The summed E-state index contributed by atoms with van der Waals surface area (Å²) in [5.41, 5.74) is 4.95. The van der Waals surface area contributed by atoms with Crippen molar-refractivity contribution in [1.82, 2.24) is 20.3 Å². The van der Waals surface area contributed by atoms with Gasteiger partial charge in [-0.2, -0.15) is 10.3 Å². The van der Waals surface area contributed by atoms with Crippen molar-refractivity contribution in [1.29, 1.82) is 0 Å². The first kappa shape index (κ1) is 11.1. The number of nitrogens with two attached hydrogens (primary N) is 1. The number of carbonyl (C=O) groups is 1.